The maximum Gasteiger partial charge on any atom is 0.223 e. The molecule has 0 bridgehead atoms. The molecule has 1 fully saturated rings. The number of nitrogens with zero attached hydrogens (tertiary/aromatic N) is 1. The summed E-state index contributed by atoms with van der Waals surface area (Å²) in [6.45, 7) is 0.867. The normalized spacial score (nSPS) is 16.2. The van der Waals surface area contributed by atoms with Crippen LogP contribution >= 0.6 is 11.6 Å². The van der Waals surface area contributed by atoms with Crippen molar-refractivity contribution in [2.24, 2.45) is 0 Å². The van der Waals surface area contributed by atoms with Gasteiger partial charge >= 0.3 is 0 Å². The quantitative estimate of drug-likeness (QED) is 0.942. The number of aliphatic hydroxyl groups is 1. The van der Waals surface area contributed by atoms with Crippen molar-refractivity contribution in [1.29, 1.82) is 0 Å². The first-order chi connectivity index (χ1) is 10.6. The molecule has 1 heterocycles. The summed E-state index contributed by atoms with van der Waals surface area (Å²) in [6.07, 6.45) is -0.0139. The van der Waals surface area contributed by atoms with Gasteiger partial charge in [0.05, 0.1) is 6.10 Å². The molecule has 22 heavy (non-hydrogen) atoms. The summed E-state index contributed by atoms with van der Waals surface area (Å²) in [7, 11) is 0. The summed E-state index contributed by atoms with van der Waals surface area (Å²) < 4.78 is 0. The Bertz CT molecular complexity index is 653. The molecule has 3 rings (SSSR count). The number of carbonyl (C=O) groups is 1. The molecule has 0 saturated carbocycles. The average molecular weight is 316 g/mol. The minimum atomic E-state index is -0.376. The van der Waals surface area contributed by atoms with E-state index in [9.17, 15) is 9.90 Å². The molecule has 3 nitrogen and oxygen atoms in total. The number of benzene rings is 2. The maximum absolute atomic E-state index is 12.4. The van der Waals surface area contributed by atoms with E-state index in [-0.39, 0.29) is 17.9 Å². The molecule has 0 spiro atoms. The molecule has 0 radical (unpaired) electrons. The highest BCUT2D eigenvalue weighted by atomic mass is 35.5. The van der Waals surface area contributed by atoms with E-state index in [1.54, 1.807) is 4.90 Å². The van der Waals surface area contributed by atoms with Gasteiger partial charge in [0.1, 0.15) is 0 Å². The molecule has 114 valence electrons. The van der Waals surface area contributed by atoms with Gasteiger partial charge in [-0.3, -0.25) is 4.79 Å². The van der Waals surface area contributed by atoms with Gasteiger partial charge in [0.2, 0.25) is 5.91 Å². The van der Waals surface area contributed by atoms with Crippen LogP contribution < -0.4 is 0 Å². The minimum Gasteiger partial charge on any atom is -0.389 e. The van der Waals surface area contributed by atoms with Crippen molar-refractivity contribution in [3.05, 3.63) is 70.7 Å². The average Bonchev–Trinajstić information content (AvgIpc) is 2.51. The van der Waals surface area contributed by atoms with Crippen molar-refractivity contribution in [3.8, 4) is 0 Å². The highest BCUT2D eigenvalue weighted by molar-refractivity contribution is 6.31. The van der Waals surface area contributed by atoms with E-state index in [0.717, 1.165) is 11.1 Å². The van der Waals surface area contributed by atoms with Crippen molar-refractivity contribution >= 4 is 17.5 Å². The summed E-state index contributed by atoms with van der Waals surface area (Å²) in [6, 6.07) is 17.6. The minimum absolute atomic E-state index is 0.0547. The van der Waals surface area contributed by atoms with E-state index in [1.165, 1.54) is 0 Å². The number of amides is 1. The van der Waals surface area contributed by atoms with Crippen LogP contribution in [0.3, 0.4) is 0 Å². The van der Waals surface area contributed by atoms with Crippen LogP contribution in [0.4, 0.5) is 0 Å². The Labute approximate surface area is 135 Å². The Morgan fingerprint density at radius 3 is 2.41 bits per heavy atom. The summed E-state index contributed by atoms with van der Waals surface area (Å²) >= 11 is 6.34. The van der Waals surface area contributed by atoms with Crippen LogP contribution in [0.1, 0.15) is 23.5 Å². The second-order valence-electron chi connectivity index (χ2n) is 5.64. The molecule has 2 aromatic rings. The van der Waals surface area contributed by atoms with E-state index in [4.69, 9.17) is 11.6 Å². The van der Waals surface area contributed by atoms with E-state index in [1.807, 2.05) is 54.6 Å². The lowest BCUT2D eigenvalue weighted by atomic mass is 9.87. The van der Waals surface area contributed by atoms with Gasteiger partial charge in [0, 0.05) is 30.5 Å². The van der Waals surface area contributed by atoms with Crippen molar-refractivity contribution < 1.29 is 9.90 Å². The maximum atomic E-state index is 12.4. The molecule has 1 N–H and O–H groups in total. The lowest BCUT2D eigenvalue weighted by Gasteiger charge is -2.37. The zero-order valence-electron chi connectivity index (χ0n) is 12.2. The zero-order valence-corrected chi connectivity index (χ0v) is 12.9. The predicted molar refractivity (Wildman–Crippen MR) is 86.9 cm³/mol. The fraction of sp³-hybridized carbons (Fsp3) is 0.278. The molecule has 0 aliphatic carbocycles. The van der Waals surface area contributed by atoms with E-state index < -0.39 is 0 Å². The molecule has 1 saturated heterocycles. The van der Waals surface area contributed by atoms with Gasteiger partial charge in [-0.05, 0) is 17.2 Å². The molecular formula is C18H18ClNO2. The Morgan fingerprint density at radius 1 is 1.14 bits per heavy atom. The van der Waals surface area contributed by atoms with Gasteiger partial charge in [0.15, 0.2) is 0 Å². The molecule has 0 unspecified atom stereocenters. The van der Waals surface area contributed by atoms with Crippen LogP contribution in [0.15, 0.2) is 54.6 Å². The zero-order chi connectivity index (χ0) is 15.5. The number of β-amino-alcohol motifs (C(OH)–C–C–N with tert-alkyl or cyclic N) is 1. The second kappa shape index (κ2) is 6.51. The molecule has 1 atom stereocenters. The third-order valence-electron chi connectivity index (χ3n) is 4.08. The SMILES string of the molecule is O=C(C[C@H](c1ccccc1)c1ccccc1Cl)N1CC(O)C1. The Kier molecular flexibility index (Phi) is 4.46. The molecule has 1 aliphatic rings. The monoisotopic (exact) mass is 315 g/mol. The highest BCUT2D eigenvalue weighted by Gasteiger charge is 2.31. The molecule has 2 aromatic carbocycles. The molecule has 1 aliphatic heterocycles. The van der Waals surface area contributed by atoms with E-state index in [2.05, 4.69) is 0 Å². The van der Waals surface area contributed by atoms with Crippen molar-refractivity contribution in [2.45, 2.75) is 18.4 Å². The standard InChI is InChI=1S/C18H18ClNO2/c19-17-9-5-4-8-15(17)16(13-6-2-1-3-7-13)10-18(22)20-11-14(21)12-20/h1-9,14,16,21H,10-12H2/t16-/m1/s1. The van der Waals surface area contributed by atoms with E-state index in [0.29, 0.717) is 24.5 Å². The summed E-state index contributed by atoms with van der Waals surface area (Å²) in [5.41, 5.74) is 2.04. The van der Waals surface area contributed by atoms with Gasteiger partial charge in [-0.1, -0.05) is 60.1 Å². The van der Waals surface area contributed by atoms with Crippen LogP contribution in [-0.2, 0) is 4.79 Å². The number of rotatable bonds is 4. The number of likely N-dealkylation sites (tertiary alicyclic amines) is 1. The molecule has 4 heteroatoms. The second-order valence-corrected chi connectivity index (χ2v) is 6.05. The number of hydrogen-bond donors (Lipinski definition) is 1. The predicted octanol–water partition coefficient (Wildman–Crippen LogP) is 3.07. The fourth-order valence-corrected chi connectivity index (χ4v) is 3.08. The lowest BCUT2D eigenvalue weighted by Crippen LogP contribution is -2.53. The Hall–Kier alpha value is -1.84. The van der Waals surface area contributed by atoms with Crippen LogP contribution in [0, 0.1) is 0 Å². The largest absolute Gasteiger partial charge is 0.389 e. The Balaban J connectivity index is 1.87. The number of halogens is 1. The number of hydrogen-bond acceptors (Lipinski definition) is 2. The first-order valence-electron chi connectivity index (χ1n) is 7.40. The number of aliphatic hydroxyl groups excluding tert-OH is 1. The van der Waals surface area contributed by atoms with Crippen molar-refractivity contribution in [3.63, 3.8) is 0 Å². The smallest absolute Gasteiger partial charge is 0.223 e. The Morgan fingerprint density at radius 2 is 1.77 bits per heavy atom. The summed E-state index contributed by atoms with van der Waals surface area (Å²) in [4.78, 5) is 14.1. The van der Waals surface area contributed by atoms with Gasteiger partial charge in [-0.15, -0.1) is 0 Å². The van der Waals surface area contributed by atoms with Crippen LogP contribution in [0.5, 0.6) is 0 Å². The van der Waals surface area contributed by atoms with Crippen LogP contribution in [0.25, 0.3) is 0 Å². The van der Waals surface area contributed by atoms with Gasteiger partial charge in [-0.25, -0.2) is 0 Å². The first kappa shape index (κ1) is 15.1. The van der Waals surface area contributed by atoms with E-state index >= 15 is 0 Å². The summed E-state index contributed by atoms with van der Waals surface area (Å²) in [5, 5.41) is 10.0. The van der Waals surface area contributed by atoms with Crippen molar-refractivity contribution in [1.82, 2.24) is 4.90 Å². The number of carbonyl (C=O) groups excluding carboxylic acids is 1. The topological polar surface area (TPSA) is 40.5 Å². The molecule has 0 aromatic heterocycles. The lowest BCUT2D eigenvalue weighted by molar-refractivity contribution is -0.141. The van der Waals surface area contributed by atoms with Gasteiger partial charge in [-0.2, -0.15) is 0 Å². The fourth-order valence-electron chi connectivity index (χ4n) is 2.81. The van der Waals surface area contributed by atoms with Gasteiger partial charge in [0.25, 0.3) is 0 Å². The first-order valence-corrected chi connectivity index (χ1v) is 7.78. The van der Waals surface area contributed by atoms with Crippen molar-refractivity contribution in [2.75, 3.05) is 13.1 Å². The van der Waals surface area contributed by atoms with Gasteiger partial charge < -0.3 is 10.0 Å². The third-order valence-corrected chi connectivity index (χ3v) is 4.42. The summed E-state index contributed by atoms with van der Waals surface area (Å²) in [5.74, 6) is -0.0146. The molecule has 1 amide bonds. The van der Waals surface area contributed by atoms with Crippen LogP contribution in [-0.4, -0.2) is 35.1 Å². The van der Waals surface area contributed by atoms with Crippen LogP contribution in [0.2, 0.25) is 5.02 Å². The third kappa shape index (κ3) is 3.16. The molecular weight excluding hydrogens is 298 g/mol. The highest BCUT2D eigenvalue weighted by Crippen LogP contribution is 2.33.